The van der Waals surface area contributed by atoms with Crippen LogP contribution in [0.25, 0.3) is 0 Å². The van der Waals surface area contributed by atoms with Crippen LogP contribution in [0.4, 0.5) is 0 Å². The molecule has 1 amide bonds. The summed E-state index contributed by atoms with van der Waals surface area (Å²) in [6.45, 7) is 10.3. The van der Waals surface area contributed by atoms with Gasteiger partial charge in [0.15, 0.2) is 0 Å². The molecule has 6 unspecified atom stereocenters. The summed E-state index contributed by atoms with van der Waals surface area (Å²) in [6.07, 6.45) is 10.9. The largest absolute Gasteiger partial charge is 0.394 e. The number of fused-ring (bicyclic) bond motifs is 3. The van der Waals surface area contributed by atoms with Crippen LogP contribution in [0, 0.1) is 52.8 Å². The zero-order valence-corrected chi connectivity index (χ0v) is 26.8. The fourth-order valence-electron chi connectivity index (χ4n) is 11.2. The number of ether oxygens (including phenoxy) is 1. The van der Waals surface area contributed by atoms with Crippen molar-refractivity contribution >= 4 is 5.91 Å². The lowest BCUT2D eigenvalue weighted by Crippen LogP contribution is -2.62. The number of rotatable bonds is 8. The predicted molar refractivity (Wildman–Crippen MR) is 162 cm³/mol. The quantitative estimate of drug-likeness (QED) is 0.342. The van der Waals surface area contributed by atoms with E-state index in [1.807, 2.05) is 12.2 Å². The van der Waals surface area contributed by atoms with Crippen LogP contribution in [0.1, 0.15) is 91.9 Å². The first kappa shape index (κ1) is 31.2. The van der Waals surface area contributed by atoms with E-state index in [0.29, 0.717) is 47.6 Å². The highest BCUT2D eigenvalue weighted by Crippen LogP contribution is 2.61. The smallest absolute Gasteiger partial charge is 0.240 e. The molecule has 0 aromatic heterocycles. The molecule has 42 heavy (non-hydrogen) atoms. The first-order valence-electron chi connectivity index (χ1n) is 17.4. The van der Waals surface area contributed by atoms with E-state index in [-0.39, 0.29) is 30.6 Å². The minimum absolute atomic E-state index is 0.0578. The van der Waals surface area contributed by atoms with Crippen LogP contribution < -0.4 is 10.6 Å². The van der Waals surface area contributed by atoms with Crippen molar-refractivity contribution in [3.8, 4) is 0 Å². The summed E-state index contributed by atoms with van der Waals surface area (Å²) in [4.78, 5) is 20.5. The number of hydrogen-bond donors (Lipinski definition) is 4. The summed E-state index contributed by atoms with van der Waals surface area (Å²) in [7, 11) is 1.87. The molecule has 8 heteroatoms. The van der Waals surface area contributed by atoms with E-state index in [0.717, 1.165) is 25.3 Å². The van der Waals surface area contributed by atoms with Crippen LogP contribution in [0.15, 0.2) is 0 Å². The molecule has 14 atom stereocenters. The highest BCUT2D eigenvalue weighted by molar-refractivity contribution is 5.82. The van der Waals surface area contributed by atoms with Crippen LogP contribution >= 0.6 is 0 Å². The second-order valence-corrected chi connectivity index (χ2v) is 15.8. The monoisotopic (exact) mass is 589 g/mol. The molecule has 2 bridgehead atoms. The molecule has 0 aromatic rings. The molecule has 0 radical (unpaired) electrons. The maximum absolute atomic E-state index is 14.1. The molecule has 8 nitrogen and oxygen atoms in total. The predicted octanol–water partition coefficient (Wildman–Crippen LogP) is 3.75. The van der Waals surface area contributed by atoms with Crippen LogP contribution in [-0.4, -0.2) is 84.4 Å². The molecule has 2 saturated heterocycles. The van der Waals surface area contributed by atoms with Gasteiger partial charge in [-0.05, 0) is 106 Å². The van der Waals surface area contributed by atoms with Crippen molar-refractivity contribution in [2.45, 2.75) is 128 Å². The van der Waals surface area contributed by atoms with Gasteiger partial charge in [-0.3, -0.25) is 9.63 Å². The molecule has 5 saturated carbocycles. The van der Waals surface area contributed by atoms with Crippen molar-refractivity contribution < 1.29 is 24.6 Å². The van der Waals surface area contributed by atoms with E-state index < -0.39 is 24.2 Å². The molecule has 240 valence electrons. The third-order valence-corrected chi connectivity index (χ3v) is 13.5. The summed E-state index contributed by atoms with van der Waals surface area (Å²) in [5, 5.41) is 30.2. The number of amides is 1. The molecule has 2 heterocycles. The first-order valence-corrected chi connectivity index (χ1v) is 17.4. The third-order valence-electron chi connectivity index (χ3n) is 13.5. The molecule has 5 aliphatic carbocycles. The van der Waals surface area contributed by atoms with Gasteiger partial charge in [0.05, 0.1) is 18.8 Å². The fourth-order valence-corrected chi connectivity index (χ4v) is 11.2. The normalized spacial score (nSPS) is 47.7. The summed E-state index contributed by atoms with van der Waals surface area (Å²) in [5.74, 6) is 3.36. The number of nitrogens with zero attached hydrogens (tertiary/aromatic N) is 1. The number of aliphatic hydroxyl groups is 2. The Balaban J connectivity index is 1.18. The van der Waals surface area contributed by atoms with Gasteiger partial charge in [-0.2, -0.15) is 5.06 Å². The van der Waals surface area contributed by atoms with Crippen LogP contribution in [0.2, 0.25) is 0 Å². The number of hydroxylamine groups is 2. The fraction of sp³-hybridized carbons (Fsp3) is 0.971. The Kier molecular flexibility index (Phi) is 9.33. The van der Waals surface area contributed by atoms with Gasteiger partial charge in [-0.25, -0.2) is 0 Å². The zero-order chi connectivity index (χ0) is 29.8. The second kappa shape index (κ2) is 12.6. The Bertz CT molecular complexity index is 944. The molecular formula is C34H59N3O5. The lowest BCUT2D eigenvalue weighted by Gasteiger charge is -2.62. The highest BCUT2D eigenvalue weighted by atomic mass is 16.7. The second-order valence-electron chi connectivity index (χ2n) is 15.8. The van der Waals surface area contributed by atoms with E-state index in [1.165, 1.54) is 51.4 Å². The molecule has 0 aromatic carbocycles. The summed E-state index contributed by atoms with van der Waals surface area (Å²) in [6, 6.07) is 0.175. The lowest BCUT2D eigenvalue weighted by molar-refractivity contribution is -0.193. The van der Waals surface area contributed by atoms with E-state index in [9.17, 15) is 15.0 Å². The van der Waals surface area contributed by atoms with E-state index in [4.69, 9.17) is 9.57 Å². The molecule has 0 spiro atoms. The van der Waals surface area contributed by atoms with Gasteiger partial charge in [-0.1, -0.05) is 33.6 Å². The van der Waals surface area contributed by atoms with Gasteiger partial charge < -0.3 is 25.6 Å². The number of methoxy groups -OCH3 is 1. The van der Waals surface area contributed by atoms with Crippen LogP contribution in [-0.2, 0) is 14.4 Å². The Morgan fingerprint density at radius 1 is 1.10 bits per heavy atom. The minimum atomic E-state index is -0.769. The highest BCUT2D eigenvalue weighted by Gasteiger charge is 2.58. The molecular weight excluding hydrogens is 530 g/mol. The molecule has 7 aliphatic rings. The van der Waals surface area contributed by atoms with Crippen LogP contribution in [0.5, 0.6) is 0 Å². The van der Waals surface area contributed by atoms with Gasteiger partial charge in [-0.15, -0.1) is 0 Å². The average Bonchev–Trinajstić information content (AvgIpc) is 3.36. The number of nitrogens with one attached hydrogen (secondary N) is 2. The minimum Gasteiger partial charge on any atom is -0.394 e. The molecule has 7 rings (SSSR count). The Morgan fingerprint density at radius 3 is 2.52 bits per heavy atom. The number of carbonyl (C=O) groups is 1. The van der Waals surface area contributed by atoms with Gasteiger partial charge in [0, 0.05) is 37.6 Å². The van der Waals surface area contributed by atoms with Gasteiger partial charge in [0.25, 0.3) is 0 Å². The number of hydrogen-bond acceptors (Lipinski definition) is 7. The van der Waals surface area contributed by atoms with Crippen molar-refractivity contribution in [1.29, 1.82) is 0 Å². The topological polar surface area (TPSA) is 103 Å². The third kappa shape index (κ3) is 5.49. The Labute approximate surface area is 254 Å². The zero-order valence-electron chi connectivity index (χ0n) is 26.8. The standard InChI is InChI=1S/C34H59N3O5/c1-19-26-15-22(34(26,3)4)16-28(19)36-33(40)31-30(20(2)39)29(18-38)42-37(31)17-21-9-6-11-25(32(21)41-5)23-10-7-13-27-24(23)12-8-14-35-27/h19-32,35,38-39H,6-18H2,1-5H3,(H,36,40)/t19-,20-,21?,22+,23?,24?,25?,26-,27?,28-,29-,30-,31-,32?/m0/s1. The van der Waals surface area contributed by atoms with Gasteiger partial charge >= 0.3 is 0 Å². The van der Waals surface area contributed by atoms with Crippen molar-refractivity contribution in [2.75, 3.05) is 26.8 Å². The Morgan fingerprint density at radius 2 is 1.83 bits per heavy atom. The molecule has 4 N–H and O–H groups in total. The van der Waals surface area contributed by atoms with Crippen molar-refractivity contribution in [2.24, 2.45) is 52.8 Å². The first-order chi connectivity index (χ1) is 20.1. The van der Waals surface area contributed by atoms with Gasteiger partial charge in [0.2, 0.25) is 5.91 Å². The molecule has 7 fully saturated rings. The average molecular weight is 590 g/mol. The van der Waals surface area contributed by atoms with Crippen molar-refractivity contribution in [1.82, 2.24) is 15.7 Å². The Hall–Kier alpha value is -0.770. The maximum Gasteiger partial charge on any atom is 0.240 e. The summed E-state index contributed by atoms with van der Waals surface area (Å²) < 4.78 is 6.35. The number of piperidine rings is 1. The summed E-state index contributed by atoms with van der Waals surface area (Å²) >= 11 is 0. The number of carbonyl (C=O) groups excluding carboxylic acids is 1. The van der Waals surface area contributed by atoms with Crippen LogP contribution in [0.3, 0.4) is 0 Å². The van der Waals surface area contributed by atoms with Gasteiger partial charge in [0.1, 0.15) is 12.1 Å². The van der Waals surface area contributed by atoms with Crippen molar-refractivity contribution in [3.05, 3.63) is 0 Å². The number of aliphatic hydroxyl groups excluding tert-OH is 2. The maximum atomic E-state index is 14.1. The SMILES string of the molecule is COC1C(CN2O[C@@H](CO)[C@H]([C@H](C)O)[C@H]2C(=O)N[C@H]2C[C@H]3C[C@@H]([C@@H]2C)C3(C)C)CCCC1C1CCCC2NCCCC21. The van der Waals surface area contributed by atoms with E-state index in [1.54, 1.807) is 6.92 Å². The lowest BCUT2D eigenvalue weighted by atomic mass is 9.45. The van der Waals surface area contributed by atoms with E-state index >= 15 is 0 Å². The summed E-state index contributed by atoms with van der Waals surface area (Å²) in [5.41, 5.74) is 0.353. The molecule has 2 aliphatic heterocycles. The van der Waals surface area contributed by atoms with Crippen molar-refractivity contribution in [3.63, 3.8) is 0 Å². The van der Waals surface area contributed by atoms with E-state index in [2.05, 4.69) is 31.4 Å².